The number of carboxylic acids is 1. The first kappa shape index (κ1) is 13.0. The van der Waals surface area contributed by atoms with E-state index in [4.69, 9.17) is 5.11 Å². The van der Waals surface area contributed by atoms with Crippen LogP contribution < -0.4 is 40.0 Å². The van der Waals surface area contributed by atoms with E-state index < -0.39 is 12.1 Å². The molecule has 0 radical (unpaired) electrons. The van der Waals surface area contributed by atoms with Crippen molar-refractivity contribution in [2.45, 2.75) is 13.0 Å². The normalized spacial score (nSPS) is 11.8. The van der Waals surface area contributed by atoms with Gasteiger partial charge in [-0.25, -0.2) is 0 Å². The second kappa shape index (κ2) is 7.50. The summed E-state index contributed by atoms with van der Waals surface area (Å²) >= 11 is 0. The fraction of sp³-hybridized carbons (Fsp3) is 0.800. The van der Waals surface area contributed by atoms with Gasteiger partial charge in [0.25, 0.3) is 0 Å². The van der Waals surface area contributed by atoms with Crippen molar-refractivity contribution in [3.8, 4) is 0 Å². The van der Waals surface area contributed by atoms with Gasteiger partial charge in [-0.2, -0.15) is 0 Å². The number of hydrogen-bond acceptors (Lipinski definition) is 4. The van der Waals surface area contributed by atoms with Gasteiger partial charge in [0.15, 0.2) is 0 Å². The molecule has 0 aromatic heterocycles. The Hall–Kier alpha value is 0.390. The molecule has 0 aromatic rings. The Kier molecular flexibility index (Phi) is 9.76. The number of rotatable bonds is 4. The number of aliphatic hydroxyl groups is 1. The quantitative estimate of drug-likeness (QED) is 0.398. The van der Waals surface area contributed by atoms with Crippen molar-refractivity contribution in [3.05, 3.63) is 0 Å². The first-order chi connectivity index (χ1) is 4.13. The van der Waals surface area contributed by atoms with E-state index in [9.17, 15) is 9.90 Å². The Bertz CT molecular complexity index is 96.9. The molecule has 0 aliphatic heterocycles. The summed E-state index contributed by atoms with van der Waals surface area (Å²) in [7, 11) is 0. The van der Waals surface area contributed by atoms with Crippen LogP contribution in [0.5, 0.6) is 0 Å². The molecule has 0 fully saturated rings. The van der Waals surface area contributed by atoms with Crippen molar-refractivity contribution in [1.29, 1.82) is 0 Å². The molecule has 1 atom stereocenters. The minimum Gasteiger partial charge on any atom is -0.549 e. The summed E-state index contributed by atoms with van der Waals surface area (Å²) in [6.07, 6.45) is -0.510. The number of carbonyl (C=O) groups excluding carboxylic acids is 1. The summed E-state index contributed by atoms with van der Waals surface area (Å²) < 4.78 is 0. The van der Waals surface area contributed by atoms with E-state index in [1.165, 1.54) is 0 Å². The third kappa shape index (κ3) is 11.2. The second-order valence-corrected chi connectivity index (χ2v) is 1.85. The third-order valence-corrected chi connectivity index (χ3v) is 0.709. The van der Waals surface area contributed by atoms with Gasteiger partial charge in [-0.1, -0.05) is 0 Å². The second-order valence-electron chi connectivity index (χ2n) is 1.85. The molecule has 0 aliphatic rings. The van der Waals surface area contributed by atoms with Gasteiger partial charge >= 0.3 is 29.6 Å². The zero-order valence-corrected chi connectivity index (χ0v) is 8.26. The van der Waals surface area contributed by atoms with Gasteiger partial charge in [0, 0.05) is 13.1 Å². The van der Waals surface area contributed by atoms with Crippen molar-refractivity contribution in [2.75, 3.05) is 13.1 Å². The van der Waals surface area contributed by atoms with Gasteiger partial charge in [0.1, 0.15) is 0 Å². The molecule has 0 spiro atoms. The Labute approximate surface area is 81.9 Å². The molecular formula is C5H10NNaO3. The molecule has 0 saturated heterocycles. The molecule has 4 nitrogen and oxygen atoms in total. The number of carbonyl (C=O) groups is 1. The summed E-state index contributed by atoms with van der Waals surface area (Å²) in [6, 6.07) is 0. The van der Waals surface area contributed by atoms with E-state index >= 15 is 0 Å². The minimum atomic E-state index is -1.16. The summed E-state index contributed by atoms with van der Waals surface area (Å²) in [4.78, 5) is 9.73. The van der Waals surface area contributed by atoms with Crippen molar-refractivity contribution in [3.63, 3.8) is 0 Å². The van der Waals surface area contributed by atoms with Crippen LogP contribution in [0.4, 0.5) is 0 Å². The maximum Gasteiger partial charge on any atom is 1.00 e. The van der Waals surface area contributed by atoms with Crippen molar-refractivity contribution in [2.24, 2.45) is 0 Å². The van der Waals surface area contributed by atoms with Gasteiger partial charge in [0.2, 0.25) is 0 Å². The van der Waals surface area contributed by atoms with Gasteiger partial charge in [-0.05, 0) is 6.92 Å². The van der Waals surface area contributed by atoms with Crippen LogP contribution >= 0.6 is 0 Å². The largest absolute Gasteiger partial charge is 1.00 e. The molecule has 5 heteroatoms. The van der Waals surface area contributed by atoms with Gasteiger partial charge in [-0.3, -0.25) is 0 Å². The number of hydrogen-bond donors (Lipinski definition) is 2. The first-order valence-corrected chi connectivity index (χ1v) is 2.71. The maximum atomic E-state index is 9.73. The molecule has 0 heterocycles. The molecule has 0 aliphatic carbocycles. The average Bonchev–Trinajstić information content (AvgIpc) is 1.63. The zero-order valence-electron chi connectivity index (χ0n) is 6.26. The molecule has 0 bridgehead atoms. The molecule has 54 valence electrons. The molecule has 0 saturated carbocycles. The summed E-state index contributed by atoms with van der Waals surface area (Å²) in [5.74, 6) is -1.16. The number of aliphatic carboxylic acids is 1. The van der Waals surface area contributed by atoms with Crippen LogP contribution in [0.2, 0.25) is 0 Å². The van der Waals surface area contributed by atoms with Gasteiger partial charge in [-0.15, -0.1) is 0 Å². The fourth-order valence-electron chi connectivity index (χ4n) is 0.383. The van der Waals surface area contributed by atoms with Gasteiger partial charge < -0.3 is 20.3 Å². The van der Waals surface area contributed by atoms with Crippen LogP contribution in [0.3, 0.4) is 0 Å². The topological polar surface area (TPSA) is 72.4 Å². The molecule has 2 N–H and O–H groups in total. The molecule has 1 unspecified atom stereocenters. The van der Waals surface area contributed by atoms with E-state index in [1.54, 1.807) is 6.92 Å². The Balaban J connectivity index is 0. The van der Waals surface area contributed by atoms with E-state index in [1.807, 2.05) is 0 Å². The number of aliphatic hydroxyl groups excluding tert-OH is 1. The standard InChI is InChI=1S/C5H11NO3.Na/c1-4(7)2-6-3-5(8)9;/h4,6-7H,2-3H2,1H3,(H,8,9);/q;+1/p-1. The Morgan fingerprint density at radius 1 is 1.80 bits per heavy atom. The van der Waals surface area contributed by atoms with Crippen molar-refractivity contribution in [1.82, 2.24) is 5.32 Å². The maximum absolute atomic E-state index is 9.73. The van der Waals surface area contributed by atoms with Crippen molar-refractivity contribution < 1.29 is 44.6 Å². The number of nitrogens with one attached hydrogen (secondary N) is 1. The van der Waals surface area contributed by atoms with E-state index in [0.29, 0.717) is 0 Å². The monoisotopic (exact) mass is 155 g/mol. The summed E-state index contributed by atoms with van der Waals surface area (Å²) in [6.45, 7) is 1.65. The smallest absolute Gasteiger partial charge is 0.549 e. The van der Waals surface area contributed by atoms with E-state index in [2.05, 4.69) is 5.32 Å². The van der Waals surface area contributed by atoms with E-state index in [-0.39, 0.29) is 42.6 Å². The molecule has 10 heavy (non-hydrogen) atoms. The molecule has 0 rings (SSSR count). The minimum absolute atomic E-state index is 0. The summed E-state index contributed by atoms with van der Waals surface area (Å²) in [5.41, 5.74) is 0. The molecule has 0 aromatic carbocycles. The van der Waals surface area contributed by atoms with Gasteiger partial charge in [0.05, 0.1) is 12.1 Å². The molecule has 0 amide bonds. The van der Waals surface area contributed by atoms with E-state index in [0.717, 1.165) is 0 Å². The Morgan fingerprint density at radius 2 is 2.30 bits per heavy atom. The van der Waals surface area contributed by atoms with Crippen molar-refractivity contribution >= 4 is 5.97 Å². The Morgan fingerprint density at radius 3 is 2.60 bits per heavy atom. The fourth-order valence-corrected chi connectivity index (χ4v) is 0.383. The average molecular weight is 155 g/mol. The van der Waals surface area contributed by atoms with Crippen LogP contribution in [-0.2, 0) is 4.79 Å². The van der Waals surface area contributed by atoms with Crippen LogP contribution in [0.1, 0.15) is 6.92 Å². The third-order valence-electron chi connectivity index (χ3n) is 0.709. The van der Waals surface area contributed by atoms with Crippen LogP contribution in [-0.4, -0.2) is 30.3 Å². The first-order valence-electron chi connectivity index (χ1n) is 2.71. The summed E-state index contributed by atoms with van der Waals surface area (Å²) in [5, 5.41) is 20.8. The van der Waals surface area contributed by atoms with Crippen LogP contribution in [0, 0.1) is 0 Å². The molecular weight excluding hydrogens is 145 g/mol. The zero-order chi connectivity index (χ0) is 7.28. The number of carboxylic acid groups (broad SMARTS) is 1. The predicted octanol–water partition coefficient (Wildman–Crippen LogP) is -5.29. The van der Waals surface area contributed by atoms with Crippen LogP contribution in [0.15, 0.2) is 0 Å². The SMILES string of the molecule is CC(O)CNCC(=O)[O-].[Na+]. The predicted molar refractivity (Wildman–Crippen MR) is 29.6 cm³/mol. The van der Waals surface area contributed by atoms with Crippen LogP contribution in [0.25, 0.3) is 0 Å².